The summed E-state index contributed by atoms with van der Waals surface area (Å²) in [5, 5.41) is 23.5. The van der Waals surface area contributed by atoms with Gasteiger partial charge in [-0.15, -0.1) is 0 Å². The van der Waals surface area contributed by atoms with E-state index in [-0.39, 0.29) is 5.75 Å². The molecule has 0 aliphatic rings. The van der Waals surface area contributed by atoms with Crippen molar-refractivity contribution in [2.75, 3.05) is 0 Å². The Morgan fingerprint density at radius 3 is 2.76 bits per heavy atom. The number of benzene rings is 2. The van der Waals surface area contributed by atoms with E-state index in [1.807, 2.05) is 48.5 Å². The number of H-pyrrole nitrogens is 1. The lowest BCUT2D eigenvalue weighted by Crippen LogP contribution is -1.97. The number of fused-ring (bicyclic) bond motifs is 1. The van der Waals surface area contributed by atoms with Crippen LogP contribution in [0.4, 0.5) is 0 Å². The minimum atomic E-state index is 0.150. The van der Waals surface area contributed by atoms with Crippen molar-refractivity contribution >= 4 is 29.2 Å². The zero-order valence-corrected chi connectivity index (χ0v) is 13.8. The van der Waals surface area contributed by atoms with Crippen LogP contribution >= 0.6 is 12.2 Å². The summed E-state index contributed by atoms with van der Waals surface area (Å²) in [7, 11) is 0. The molecular formula is C18H13N5OS. The first-order chi connectivity index (χ1) is 12.2. The molecule has 0 unspecified atom stereocenters. The molecule has 0 amide bonds. The van der Waals surface area contributed by atoms with Gasteiger partial charge in [-0.2, -0.15) is 14.9 Å². The van der Waals surface area contributed by atoms with Crippen molar-refractivity contribution in [3.05, 3.63) is 71.1 Å². The highest BCUT2D eigenvalue weighted by atomic mass is 32.1. The fourth-order valence-electron chi connectivity index (χ4n) is 2.59. The third kappa shape index (κ3) is 2.81. The number of pyridine rings is 1. The number of nitrogens with one attached hydrogen (secondary N) is 1. The fraction of sp³-hybridized carbons (Fsp3) is 0. The second-order valence-electron chi connectivity index (χ2n) is 5.34. The average Bonchev–Trinajstić information content (AvgIpc) is 3.02. The van der Waals surface area contributed by atoms with Crippen LogP contribution in [0, 0.1) is 4.77 Å². The third-order valence-corrected chi connectivity index (χ3v) is 4.06. The molecule has 2 N–H and O–H groups in total. The smallest absolute Gasteiger partial charge is 0.216 e. The van der Waals surface area contributed by atoms with E-state index in [0.717, 1.165) is 10.8 Å². The molecule has 0 radical (unpaired) electrons. The van der Waals surface area contributed by atoms with Crippen LogP contribution in [0.25, 0.3) is 22.3 Å². The number of nitrogens with zero attached hydrogens (tertiary/aromatic N) is 4. The Kier molecular flexibility index (Phi) is 3.83. The highest BCUT2D eigenvalue weighted by molar-refractivity contribution is 7.71. The van der Waals surface area contributed by atoms with E-state index < -0.39 is 0 Å². The van der Waals surface area contributed by atoms with E-state index >= 15 is 0 Å². The van der Waals surface area contributed by atoms with Crippen molar-refractivity contribution in [3.8, 4) is 17.3 Å². The van der Waals surface area contributed by atoms with Gasteiger partial charge in [-0.05, 0) is 41.2 Å². The van der Waals surface area contributed by atoms with Gasteiger partial charge in [0.2, 0.25) is 10.6 Å². The van der Waals surface area contributed by atoms with Crippen molar-refractivity contribution in [2.24, 2.45) is 5.10 Å². The summed E-state index contributed by atoms with van der Waals surface area (Å²) >= 11 is 5.26. The molecule has 0 saturated heterocycles. The van der Waals surface area contributed by atoms with Crippen molar-refractivity contribution in [2.45, 2.75) is 0 Å². The Labute approximate surface area is 148 Å². The van der Waals surface area contributed by atoms with Crippen molar-refractivity contribution in [1.29, 1.82) is 0 Å². The second-order valence-corrected chi connectivity index (χ2v) is 5.73. The van der Waals surface area contributed by atoms with Crippen LogP contribution in [-0.2, 0) is 0 Å². The number of hydrogen-bond acceptors (Lipinski definition) is 5. The summed E-state index contributed by atoms with van der Waals surface area (Å²) in [5.41, 5.74) is 1.27. The lowest BCUT2D eigenvalue weighted by Gasteiger charge is -2.05. The van der Waals surface area contributed by atoms with Crippen LogP contribution in [0.15, 0.2) is 65.9 Å². The first kappa shape index (κ1) is 15.2. The normalized spacial score (nSPS) is 11.4. The van der Waals surface area contributed by atoms with E-state index in [9.17, 15) is 5.11 Å². The molecule has 4 rings (SSSR count). The molecule has 6 nitrogen and oxygen atoms in total. The predicted molar refractivity (Wildman–Crippen MR) is 99.2 cm³/mol. The minimum Gasteiger partial charge on any atom is -0.507 e. The largest absolute Gasteiger partial charge is 0.507 e. The molecule has 25 heavy (non-hydrogen) atoms. The monoisotopic (exact) mass is 347 g/mol. The number of phenolic OH excluding ortho intramolecular Hbond substituents is 1. The number of aromatic hydroxyl groups is 1. The highest BCUT2D eigenvalue weighted by Gasteiger charge is 2.10. The van der Waals surface area contributed by atoms with Crippen LogP contribution in [0.5, 0.6) is 5.75 Å². The van der Waals surface area contributed by atoms with Gasteiger partial charge in [-0.25, -0.2) is 5.10 Å². The molecular weight excluding hydrogens is 334 g/mol. The maximum absolute atomic E-state index is 10.2. The van der Waals surface area contributed by atoms with Crippen molar-refractivity contribution in [1.82, 2.24) is 19.9 Å². The quantitative estimate of drug-likeness (QED) is 0.437. The van der Waals surface area contributed by atoms with Gasteiger partial charge in [0.05, 0.1) is 6.21 Å². The minimum absolute atomic E-state index is 0.150. The summed E-state index contributed by atoms with van der Waals surface area (Å²) < 4.78 is 1.83. The predicted octanol–water partition coefficient (Wildman–Crippen LogP) is 3.74. The zero-order valence-electron chi connectivity index (χ0n) is 13.0. The molecule has 4 aromatic rings. The number of rotatable bonds is 3. The first-order valence-electron chi connectivity index (χ1n) is 7.58. The van der Waals surface area contributed by atoms with Gasteiger partial charge >= 0.3 is 0 Å². The Morgan fingerprint density at radius 2 is 1.92 bits per heavy atom. The maximum atomic E-state index is 10.2. The van der Waals surface area contributed by atoms with E-state index in [1.165, 1.54) is 4.68 Å². The molecule has 2 aromatic carbocycles. The Balaban J connectivity index is 1.84. The summed E-state index contributed by atoms with van der Waals surface area (Å²) in [5.74, 6) is 0.651. The third-order valence-electron chi connectivity index (χ3n) is 3.79. The summed E-state index contributed by atoms with van der Waals surface area (Å²) in [6.07, 6.45) is 3.26. The van der Waals surface area contributed by atoms with E-state index in [2.05, 4.69) is 20.3 Å². The Bertz CT molecular complexity index is 1130. The molecule has 0 atom stereocenters. The molecule has 0 saturated carbocycles. The van der Waals surface area contributed by atoms with Crippen molar-refractivity contribution < 1.29 is 5.11 Å². The van der Waals surface area contributed by atoms with E-state index in [4.69, 9.17) is 12.2 Å². The van der Waals surface area contributed by atoms with Gasteiger partial charge in [0.15, 0.2) is 0 Å². The lowest BCUT2D eigenvalue weighted by atomic mass is 10.0. The van der Waals surface area contributed by atoms with Gasteiger partial charge in [-0.3, -0.25) is 4.98 Å². The van der Waals surface area contributed by atoms with Crippen LogP contribution in [0.1, 0.15) is 5.56 Å². The van der Waals surface area contributed by atoms with Crippen LogP contribution in [0.2, 0.25) is 0 Å². The summed E-state index contributed by atoms with van der Waals surface area (Å²) in [6.45, 7) is 0. The molecule has 0 bridgehead atoms. The van der Waals surface area contributed by atoms with Gasteiger partial charge in [0, 0.05) is 11.8 Å². The highest BCUT2D eigenvalue weighted by Crippen LogP contribution is 2.25. The number of hydrogen-bond donors (Lipinski definition) is 2. The number of phenols is 1. The van der Waals surface area contributed by atoms with Gasteiger partial charge < -0.3 is 5.11 Å². The van der Waals surface area contributed by atoms with Crippen LogP contribution in [0.3, 0.4) is 0 Å². The second kappa shape index (κ2) is 6.29. The molecule has 7 heteroatoms. The zero-order chi connectivity index (χ0) is 17.2. The van der Waals surface area contributed by atoms with E-state index in [0.29, 0.717) is 21.9 Å². The lowest BCUT2D eigenvalue weighted by molar-refractivity contribution is 0.475. The molecule has 0 fully saturated rings. The number of aromatic amines is 1. The van der Waals surface area contributed by atoms with E-state index in [1.54, 1.807) is 18.5 Å². The molecule has 0 aliphatic carbocycles. The van der Waals surface area contributed by atoms with Crippen LogP contribution < -0.4 is 0 Å². The topological polar surface area (TPSA) is 79.1 Å². The summed E-state index contributed by atoms with van der Waals surface area (Å²) in [6, 6.07) is 16.8. The van der Waals surface area contributed by atoms with Gasteiger partial charge in [0.1, 0.15) is 11.4 Å². The SMILES string of the molecule is Oc1ccc2ccccc2c1/C=N\n1c(-c2ccccn2)n[nH]c1=S. The van der Waals surface area contributed by atoms with Gasteiger partial charge in [0.25, 0.3) is 0 Å². The summed E-state index contributed by atoms with van der Waals surface area (Å²) in [4.78, 5) is 4.27. The molecule has 2 heterocycles. The average molecular weight is 347 g/mol. The van der Waals surface area contributed by atoms with Gasteiger partial charge in [-0.1, -0.05) is 36.4 Å². The maximum Gasteiger partial charge on any atom is 0.216 e. The fourth-order valence-corrected chi connectivity index (χ4v) is 2.77. The van der Waals surface area contributed by atoms with Crippen LogP contribution in [-0.4, -0.2) is 31.2 Å². The first-order valence-corrected chi connectivity index (χ1v) is 7.99. The standard InChI is InChI=1S/C18H13N5OS/c24-16-9-8-12-5-1-2-6-13(12)14(16)11-20-23-17(21-22-18(23)25)15-7-3-4-10-19-15/h1-11,24H,(H,22,25)/b20-11-. The van der Waals surface area contributed by atoms with Crippen molar-refractivity contribution in [3.63, 3.8) is 0 Å². The molecule has 0 spiro atoms. The molecule has 122 valence electrons. The number of aromatic nitrogens is 4. The molecule has 0 aliphatic heterocycles. The Hall–Kier alpha value is -3.32. The Morgan fingerprint density at radius 1 is 1.08 bits per heavy atom. The molecule has 2 aromatic heterocycles.